The maximum absolute atomic E-state index is 11.4. The molecule has 0 heterocycles. The van der Waals surface area contributed by atoms with E-state index in [0.717, 1.165) is 5.06 Å². The number of hydroxylamine groups is 2. The van der Waals surface area contributed by atoms with Gasteiger partial charge in [-0.1, -0.05) is 27.4 Å². The maximum atomic E-state index is 11.4. The first-order valence-electron chi connectivity index (χ1n) is 5.14. The van der Waals surface area contributed by atoms with Crippen molar-refractivity contribution < 1.29 is 0 Å². The van der Waals surface area contributed by atoms with Crippen LogP contribution in [-0.2, 0) is 0 Å². The van der Waals surface area contributed by atoms with Gasteiger partial charge in [-0.25, -0.2) is 0 Å². The summed E-state index contributed by atoms with van der Waals surface area (Å²) in [6.45, 7) is 10.1. The van der Waals surface area contributed by atoms with E-state index in [-0.39, 0.29) is 6.04 Å². The van der Waals surface area contributed by atoms with Gasteiger partial charge in [-0.05, 0) is 36.8 Å². The first-order valence-corrected chi connectivity index (χ1v) is 5.14. The Morgan fingerprint density at radius 1 is 1.62 bits per heavy atom. The van der Waals surface area contributed by atoms with E-state index in [1.54, 1.807) is 0 Å². The molecule has 0 bridgehead atoms. The Morgan fingerprint density at radius 2 is 2.23 bits per heavy atom. The molecule has 0 aromatic carbocycles. The first kappa shape index (κ1) is 10.6. The van der Waals surface area contributed by atoms with Crippen molar-refractivity contribution in [2.75, 3.05) is 0 Å². The summed E-state index contributed by atoms with van der Waals surface area (Å²) in [5.41, 5.74) is 0. The zero-order chi connectivity index (χ0) is 10.0. The lowest BCUT2D eigenvalue weighted by Crippen LogP contribution is -2.49. The van der Waals surface area contributed by atoms with Crippen molar-refractivity contribution in [3.8, 4) is 0 Å². The van der Waals surface area contributed by atoms with E-state index in [2.05, 4.69) is 27.4 Å². The SMILES string of the molecule is C=CN([O-])C1C(C)CC1CC(C)C. The summed E-state index contributed by atoms with van der Waals surface area (Å²) in [4.78, 5) is 0. The fraction of sp³-hybridized carbons (Fsp3) is 0.818. The molecule has 3 unspecified atom stereocenters. The van der Waals surface area contributed by atoms with Gasteiger partial charge < -0.3 is 10.3 Å². The Hall–Kier alpha value is -0.500. The van der Waals surface area contributed by atoms with Crippen LogP contribution < -0.4 is 0 Å². The van der Waals surface area contributed by atoms with Gasteiger partial charge in [0.25, 0.3) is 0 Å². The van der Waals surface area contributed by atoms with E-state index in [1.807, 2.05) is 0 Å². The van der Waals surface area contributed by atoms with E-state index < -0.39 is 0 Å². The molecule has 13 heavy (non-hydrogen) atoms. The predicted molar refractivity (Wildman–Crippen MR) is 55.9 cm³/mol. The molecule has 0 saturated heterocycles. The molecule has 76 valence electrons. The van der Waals surface area contributed by atoms with Crippen LogP contribution in [-0.4, -0.2) is 11.1 Å². The number of nitrogens with zero attached hydrogens (tertiary/aromatic N) is 1. The number of rotatable bonds is 4. The molecule has 2 heteroatoms. The van der Waals surface area contributed by atoms with Gasteiger partial charge in [0.2, 0.25) is 0 Å². The van der Waals surface area contributed by atoms with Crippen LogP contribution in [0.25, 0.3) is 0 Å². The van der Waals surface area contributed by atoms with Gasteiger partial charge in [0.1, 0.15) is 0 Å². The minimum absolute atomic E-state index is 0.194. The highest BCUT2D eigenvalue weighted by Crippen LogP contribution is 2.41. The summed E-state index contributed by atoms with van der Waals surface area (Å²) >= 11 is 0. The zero-order valence-electron chi connectivity index (χ0n) is 8.86. The van der Waals surface area contributed by atoms with Crippen LogP contribution >= 0.6 is 0 Å². The van der Waals surface area contributed by atoms with Crippen LogP contribution in [0, 0.1) is 23.0 Å². The van der Waals surface area contributed by atoms with Crippen LogP contribution in [0.4, 0.5) is 0 Å². The lowest BCUT2D eigenvalue weighted by molar-refractivity contribution is 0.0505. The highest BCUT2D eigenvalue weighted by atomic mass is 16.5. The zero-order valence-corrected chi connectivity index (χ0v) is 8.86. The molecule has 1 saturated carbocycles. The van der Waals surface area contributed by atoms with Crippen molar-refractivity contribution in [2.45, 2.75) is 39.7 Å². The Labute approximate surface area is 81.2 Å². The van der Waals surface area contributed by atoms with Crippen LogP contribution in [0.5, 0.6) is 0 Å². The molecule has 1 aliphatic carbocycles. The van der Waals surface area contributed by atoms with E-state index in [4.69, 9.17) is 0 Å². The van der Waals surface area contributed by atoms with Crippen LogP contribution in [0.3, 0.4) is 0 Å². The van der Waals surface area contributed by atoms with Gasteiger partial charge in [0.05, 0.1) is 0 Å². The third-order valence-electron chi connectivity index (χ3n) is 2.99. The lowest BCUT2D eigenvalue weighted by Gasteiger charge is -2.53. The minimum Gasteiger partial charge on any atom is -0.759 e. The van der Waals surface area contributed by atoms with Crippen molar-refractivity contribution in [1.29, 1.82) is 0 Å². The summed E-state index contributed by atoms with van der Waals surface area (Å²) in [6.07, 6.45) is 3.78. The van der Waals surface area contributed by atoms with E-state index in [0.29, 0.717) is 17.8 Å². The summed E-state index contributed by atoms with van der Waals surface area (Å²) in [5.74, 6) is 1.82. The quantitative estimate of drug-likeness (QED) is 0.625. The molecule has 1 rings (SSSR count). The Balaban J connectivity index is 2.45. The normalized spacial score (nSPS) is 32.8. The largest absolute Gasteiger partial charge is 0.759 e. The van der Waals surface area contributed by atoms with Crippen molar-refractivity contribution in [3.05, 3.63) is 18.0 Å². The molecule has 0 radical (unpaired) electrons. The third-order valence-corrected chi connectivity index (χ3v) is 2.99. The summed E-state index contributed by atoms with van der Waals surface area (Å²) in [5, 5.41) is 12.4. The fourth-order valence-electron chi connectivity index (χ4n) is 2.45. The van der Waals surface area contributed by atoms with Gasteiger partial charge in [-0.2, -0.15) is 0 Å². The molecule has 1 aliphatic rings. The van der Waals surface area contributed by atoms with Gasteiger partial charge in [-0.15, -0.1) is 0 Å². The number of hydrogen-bond acceptors (Lipinski definition) is 2. The Bertz CT molecular complexity index is 179. The topological polar surface area (TPSA) is 26.3 Å². The average molecular weight is 182 g/mol. The molecular weight excluding hydrogens is 162 g/mol. The lowest BCUT2D eigenvalue weighted by atomic mass is 9.67. The molecule has 1 fully saturated rings. The summed E-state index contributed by atoms with van der Waals surface area (Å²) in [7, 11) is 0. The minimum atomic E-state index is 0.194. The Kier molecular flexibility index (Phi) is 3.37. The van der Waals surface area contributed by atoms with Crippen molar-refractivity contribution in [2.24, 2.45) is 17.8 Å². The summed E-state index contributed by atoms with van der Waals surface area (Å²) < 4.78 is 0. The first-order chi connectivity index (χ1) is 6.06. The van der Waals surface area contributed by atoms with Crippen molar-refractivity contribution >= 4 is 0 Å². The second-order valence-corrected chi connectivity index (χ2v) is 4.64. The highest BCUT2D eigenvalue weighted by Gasteiger charge is 2.38. The molecular formula is C11H20NO-. The van der Waals surface area contributed by atoms with Crippen LogP contribution in [0.2, 0.25) is 0 Å². The van der Waals surface area contributed by atoms with Crippen LogP contribution in [0.15, 0.2) is 12.8 Å². The molecule has 0 amide bonds. The van der Waals surface area contributed by atoms with Gasteiger partial charge in [0.15, 0.2) is 0 Å². The standard InChI is InChI=1S/C11H20NO/c1-5-12(13)11-9(4)7-10(11)6-8(2)3/h5,8-11H,1,6-7H2,2-4H3/q-1. The maximum Gasteiger partial charge on any atom is 0.0224 e. The van der Waals surface area contributed by atoms with Gasteiger partial charge in [-0.3, -0.25) is 0 Å². The third kappa shape index (κ3) is 2.25. The van der Waals surface area contributed by atoms with E-state index in [1.165, 1.54) is 19.0 Å². The summed E-state index contributed by atoms with van der Waals surface area (Å²) in [6, 6.07) is 0.194. The Morgan fingerprint density at radius 3 is 2.62 bits per heavy atom. The molecule has 0 aromatic rings. The van der Waals surface area contributed by atoms with Gasteiger partial charge in [0, 0.05) is 6.04 Å². The van der Waals surface area contributed by atoms with Gasteiger partial charge >= 0.3 is 0 Å². The van der Waals surface area contributed by atoms with E-state index in [9.17, 15) is 5.21 Å². The van der Waals surface area contributed by atoms with Crippen molar-refractivity contribution in [1.82, 2.24) is 5.06 Å². The average Bonchev–Trinajstić information content (AvgIpc) is 2.02. The fourth-order valence-corrected chi connectivity index (χ4v) is 2.45. The smallest absolute Gasteiger partial charge is 0.0224 e. The number of hydrogen-bond donors (Lipinski definition) is 0. The van der Waals surface area contributed by atoms with E-state index >= 15 is 0 Å². The van der Waals surface area contributed by atoms with Crippen LogP contribution in [0.1, 0.15) is 33.6 Å². The second kappa shape index (κ2) is 4.14. The molecule has 0 N–H and O–H groups in total. The highest BCUT2D eigenvalue weighted by molar-refractivity contribution is 4.97. The monoisotopic (exact) mass is 182 g/mol. The molecule has 0 aliphatic heterocycles. The second-order valence-electron chi connectivity index (χ2n) is 4.64. The molecule has 0 spiro atoms. The molecule has 0 aromatic heterocycles. The predicted octanol–water partition coefficient (Wildman–Crippen LogP) is 3.00. The van der Waals surface area contributed by atoms with Crippen molar-refractivity contribution in [3.63, 3.8) is 0 Å². The molecule has 2 nitrogen and oxygen atoms in total. The molecule has 3 atom stereocenters.